The van der Waals surface area contributed by atoms with Crippen LogP contribution in [-0.4, -0.2) is 23.7 Å². The van der Waals surface area contributed by atoms with E-state index in [-0.39, 0.29) is 18.0 Å². The Labute approximate surface area is 147 Å². The zero-order valence-electron chi connectivity index (χ0n) is 14.8. The molecule has 0 saturated carbocycles. The Morgan fingerprint density at radius 2 is 1.74 bits per heavy atom. The fraction of sp³-hybridized carbons (Fsp3) is 0.611. The van der Waals surface area contributed by atoms with Crippen LogP contribution in [0.5, 0.6) is 0 Å². The number of nitrogens with one attached hydrogen (secondary N) is 1. The second-order valence-electron chi connectivity index (χ2n) is 6.13. The average Bonchev–Trinajstić information content (AvgIpc) is 2.46. The Balaban J connectivity index is 0. The fourth-order valence-electron chi connectivity index (χ4n) is 1.87. The van der Waals surface area contributed by atoms with Crippen LogP contribution in [0.25, 0.3) is 0 Å². The van der Waals surface area contributed by atoms with E-state index in [1.807, 2.05) is 0 Å². The monoisotopic (exact) mass is 344 g/mol. The van der Waals surface area contributed by atoms with Crippen molar-refractivity contribution in [3.05, 3.63) is 29.8 Å². The summed E-state index contributed by atoms with van der Waals surface area (Å²) in [6.07, 6.45) is 5.42. The molecule has 4 N–H and O–H groups in total. The number of halogens is 1. The number of anilines is 1. The van der Waals surface area contributed by atoms with Gasteiger partial charge in [-0.15, -0.1) is 12.4 Å². The highest BCUT2D eigenvalue weighted by Gasteiger charge is 2.01. The van der Waals surface area contributed by atoms with Gasteiger partial charge >= 0.3 is 5.97 Å². The molecule has 0 aliphatic carbocycles. The van der Waals surface area contributed by atoms with Crippen molar-refractivity contribution >= 4 is 24.1 Å². The molecular formula is C18H33ClN2O2. The molecule has 134 valence electrons. The summed E-state index contributed by atoms with van der Waals surface area (Å²) in [4.78, 5) is 10.3. The van der Waals surface area contributed by atoms with Crippen LogP contribution < -0.4 is 11.1 Å². The molecule has 0 fully saturated rings. The maximum Gasteiger partial charge on any atom is 0.335 e. The van der Waals surface area contributed by atoms with E-state index < -0.39 is 5.97 Å². The van der Waals surface area contributed by atoms with Crippen molar-refractivity contribution in [1.82, 2.24) is 5.32 Å². The molecule has 4 nitrogen and oxygen atoms in total. The highest BCUT2D eigenvalue weighted by molar-refractivity contribution is 5.87. The smallest absolute Gasteiger partial charge is 0.335 e. The van der Waals surface area contributed by atoms with E-state index in [1.165, 1.54) is 37.8 Å². The second kappa shape index (κ2) is 14.3. The van der Waals surface area contributed by atoms with E-state index in [2.05, 4.69) is 33.0 Å². The van der Waals surface area contributed by atoms with Gasteiger partial charge in [0.05, 0.1) is 5.56 Å². The first-order valence-corrected chi connectivity index (χ1v) is 8.19. The number of rotatable bonds is 8. The quantitative estimate of drug-likeness (QED) is 0.476. The van der Waals surface area contributed by atoms with Gasteiger partial charge in [0.25, 0.3) is 0 Å². The normalized spacial score (nSPS) is 11.2. The molecule has 0 aromatic heterocycles. The summed E-state index contributed by atoms with van der Waals surface area (Å²) in [6.45, 7) is 10.2. The molecule has 1 unspecified atom stereocenters. The summed E-state index contributed by atoms with van der Waals surface area (Å²) < 4.78 is 0. The zero-order chi connectivity index (χ0) is 17.0. The maximum atomic E-state index is 10.3. The molecule has 1 aromatic rings. The van der Waals surface area contributed by atoms with Gasteiger partial charge in [0.2, 0.25) is 0 Å². The largest absolute Gasteiger partial charge is 0.478 e. The lowest BCUT2D eigenvalue weighted by molar-refractivity contribution is 0.0697. The van der Waals surface area contributed by atoms with Gasteiger partial charge in [-0.2, -0.15) is 0 Å². The van der Waals surface area contributed by atoms with Gasteiger partial charge in [0.15, 0.2) is 0 Å². The summed E-state index contributed by atoms with van der Waals surface area (Å²) in [7, 11) is 0. The molecule has 5 heteroatoms. The van der Waals surface area contributed by atoms with Crippen molar-refractivity contribution in [2.75, 3.05) is 12.3 Å². The minimum Gasteiger partial charge on any atom is -0.478 e. The Kier molecular flexibility index (Phi) is 15.0. The summed E-state index contributed by atoms with van der Waals surface area (Å²) in [6, 6.07) is 6.77. The van der Waals surface area contributed by atoms with Crippen molar-refractivity contribution in [3.8, 4) is 0 Å². The average molecular weight is 345 g/mol. The SMILES string of the molecule is CCCCCC(C)NCC(C)C.Cl.Nc1ccc(C(=O)O)cc1. The van der Waals surface area contributed by atoms with Crippen molar-refractivity contribution in [1.29, 1.82) is 0 Å². The molecule has 0 bridgehead atoms. The van der Waals surface area contributed by atoms with Crippen molar-refractivity contribution in [2.45, 2.75) is 59.4 Å². The number of carboxylic acid groups (broad SMARTS) is 1. The molecule has 23 heavy (non-hydrogen) atoms. The highest BCUT2D eigenvalue weighted by atomic mass is 35.5. The number of nitrogens with two attached hydrogens (primary N) is 1. The lowest BCUT2D eigenvalue weighted by Gasteiger charge is -2.14. The van der Waals surface area contributed by atoms with Crippen LogP contribution in [0.15, 0.2) is 24.3 Å². The maximum absolute atomic E-state index is 10.3. The van der Waals surface area contributed by atoms with Crippen LogP contribution in [0.2, 0.25) is 0 Å². The van der Waals surface area contributed by atoms with Crippen LogP contribution in [0.3, 0.4) is 0 Å². The standard InChI is InChI=1S/C11H25N.C7H7NO2.ClH/c1-5-6-7-8-11(4)12-9-10(2)3;8-6-3-1-5(2-4-6)7(9)10;/h10-12H,5-9H2,1-4H3;1-4H,8H2,(H,9,10);1H. The zero-order valence-corrected chi connectivity index (χ0v) is 15.7. The van der Waals surface area contributed by atoms with Gasteiger partial charge in [-0.3, -0.25) is 0 Å². The van der Waals surface area contributed by atoms with E-state index >= 15 is 0 Å². The molecule has 1 atom stereocenters. The predicted octanol–water partition coefficient (Wildman–Crippen LogP) is 4.59. The van der Waals surface area contributed by atoms with E-state index in [0.717, 1.165) is 12.5 Å². The molecule has 1 rings (SSSR count). The third-order valence-corrected chi connectivity index (χ3v) is 3.27. The Morgan fingerprint density at radius 1 is 1.17 bits per heavy atom. The lowest BCUT2D eigenvalue weighted by Crippen LogP contribution is -2.29. The number of aromatic carboxylic acids is 1. The topological polar surface area (TPSA) is 75.3 Å². The van der Waals surface area contributed by atoms with Crippen LogP contribution in [0, 0.1) is 5.92 Å². The minimum atomic E-state index is -0.931. The number of nitrogen functional groups attached to an aromatic ring is 1. The van der Waals surface area contributed by atoms with Gasteiger partial charge in [-0.25, -0.2) is 4.79 Å². The summed E-state index contributed by atoms with van der Waals surface area (Å²) in [5.41, 5.74) is 6.17. The fourth-order valence-corrected chi connectivity index (χ4v) is 1.87. The highest BCUT2D eigenvalue weighted by Crippen LogP contribution is 2.04. The Hall–Kier alpha value is -1.26. The number of hydrogen-bond acceptors (Lipinski definition) is 3. The molecule has 1 aromatic carbocycles. The number of carbonyl (C=O) groups is 1. The molecule has 0 spiro atoms. The van der Waals surface area contributed by atoms with E-state index in [4.69, 9.17) is 10.8 Å². The first-order valence-electron chi connectivity index (χ1n) is 8.19. The minimum absolute atomic E-state index is 0. The van der Waals surface area contributed by atoms with Crippen LogP contribution in [0.4, 0.5) is 5.69 Å². The number of hydrogen-bond donors (Lipinski definition) is 3. The molecule has 0 saturated heterocycles. The predicted molar refractivity (Wildman–Crippen MR) is 102 cm³/mol. The van der Waals surface area contributed by atoms with Gasteiger partial charge in [0.1, 0.15) is 0 Å². The van der Waals surface area contributed by atoms with Crippen molar-refractivity contribution in [3.63, 3.8) is 0 Å². The number of benzene rings is 1. The molecule has 0 aliphatic heterocycles. The first-order chi connectivity index (χ1) is 10.4. The van der Waals surface area contributed by atoms with E-state index in [9.17, 15) is 4.79 Å². The van der Waals surface area contributed by atoms with Crippen LogP contribution in [-0.2, 0) is 0 Å². The molecular weight excluding hydrogens is 312 g/mol. The molecule has 0 amide bonds. The molecule has 0 heterocycles. The summed E-state index contributed by atoms with van der Waals surface area (Å²) >= 11 is 0. The van der Waals surface area contributed by atoms with Crippen molar-refractivity contribution < 1.29 is 9.90 Å². The third-order valence-electron chi connectivity index (χ3n) is 3.27. The van der Waals surface area contributed by atoms with E-state index in [0.29, 0.717) is 11.7 Å². The number of unbranched alkanes of at least 4 members (excludes halogenated alkanes) is 2. The van der Waals surface area contributed by atoms with Crippen molar-refractivity contribution in [2.24, 2.45) is 5.92 Å². The van der Waals surface area contributed by atoms with Crippen LogP contribution in [0.1, 0.15) is 63.7 Å². The van der Waals surface area contributed by atoms with Crippen LogP contribution >= 0.6 is 12.4 Å². The summed E-state index contributed by atoms with van der Waals surface area (Å²) in [5.74, 6) is -0.154. The Morgan fingerprint density at radius 3 is 2.17 bits per heavy atom. The Bertz CT molecular complexity index is 408. The van der Waals surface area contributed by atoms with Gasteiger partial charge in [-0.1, -0.05) is 40.0 Å². The summed E-state index contributed by atoms with van der Waals surface area (Å²) in [5, 5.41) is 12.0. The third kappa shape index (κ3) is 14.1. The van der Waals surface area contributed by atoms with E-state index in [1.54, 1.807) is 12.1 Å². The lowest BCUT2D eigenvalue weighted by atomic mass is 10.1. The van der Waals surface area contributed by atoms with Gasteiger partial charge in [0, 0.05) is 11.7 Å². The molecule has 0 radical (unpaired) electrons. The number of carboxylic acids is 1. The molecule has 0 aliphatic rings. The van der Waals surface area contributed by atoms with Gasteiger partial charge in [-0.05, 0) is 50.1 Å². The second-order valence-corrected chi connectivity index (χ2v) is 6.13. The van der Waals surface area contributed by atoms with Gasteiger partial charge < -0.3 is 16.2 Å². The first kappa shape index (κ1) is 24.0.